The lowest BCUT2D eigenvalue weighted by Crippen LogP contribution is -2.44. The Kier molecular flexibility index (Phi) is 6.94. The van der Waals surface area contributed by atoms with E-state index in [0.29, 0.717) is 36.6 Å². The van der Waals surface area contributed by atoms with Gasteiger partial charge in [0.05, 0.1) is 43.1 Å². The number of fused-ring (bicyclic) bond motifs is 3. The summed E-state index contributed by atoms with van der Waals surface area (Å²) in [4.78, 5) is 45.7. The Morgan fingerprint density at radius 2 is 1.81 bits per heavy atom. The Bertz CT molecular complexity index is 1590. The van der Waals surface area contributed by atoms with Crippen molar-refractivity contribution in [3.63, 3.8) is 0 Å². The first-order valence-corrected chi connectivity index (χ1v) is 15.0. The van der Waals surface area contributed by atoms with Crippen LogP contribution in [0.2, 0.25) is 0 Å². The number of aliphatic hydroxyl groups excluding tert-OH is 1. The van der Waals surface area contributed by atoms with E-state index in [-0.39, 0.29) is 49.3 Å². The van der Waals surface area contributed by atoms with Gasteiger partial charge in [0.1, 0.15) is 5.75 Å². The van der Waals surface area contributed by atoms with Gasteiger partial charge in [0.25, 0.3) is 11.8 Å². The van der Waals surface area contributed by atoms with Crippen molar-refractivity contribution in [1.82, 2.24) is 4.90 Å². The molecule has 3 amide bonds. The van der Waals surface area contributed by atoms with Crippen molar-refractivity contribution in [1.29, 1.82) is 0 Å². The number of likely N-dealkylation sites (tertiary alicyclic amines) is 1. The van der Waals surface area contributed by atoms with Crippen molar-refractivity contribution in [2.45, 2.75) is 56.9 Å². The number of rotatable bonds is 6. The maximum Gasteiger partial charge on any atom is 0.269 e. The SMILES string of the molecule is C[C@@H]1C[C@H](CC(=O)N2CCC[C@H]2CO)O[C@@]12C(=O)N(Cc1cccc(N3C(=O)COc4ccccc43)c1)c1ccccc12. The van der Waals surface area contributed by atoms with Crippen LogP contribution in [0.5, 0.6) is 5.75 Å². The van der Waals surface area contributed by atoms with Crippen LogP contribution in [-0.2, 0) is 31.3 Å². The van der Waals surface area contributed by atoms with E-state index in [9.17, 15) is 19.5 Å². The second-order valence-corrected chi connectivity index (χ2v) is 11.9. The van der Waals surface area contributed by atoms with E-state index in [2.05, 4.69) is 0 Å². The molecule has 2 fully saturated rings. The van der Waals surface area contributed by atoms with Gasteiger partial charge < -0.3 is 24.4 Å². The number of anilines is 3. The number of benzene rings is 3. The lowest BCUT2D eigenvalue weighted by Gasteiger charge is -2.30. The Labute approximate surface area is 250 Å². The highest BCUT2D eigenvalue weighted by molar-refractivity contribution is 6.08. The molecule has 4 heterocycles. The summed E-state index contributed by atoms with van der Waals surface area (Å²) in [6, 6.07) is 22.7. The molecule has 3 aromatic carbocycles. The number of carbonyl (C=O) groups is 3. The third-order valence-corrected chi connectivity index (χ3v) is 9.35. The van der Waals surface area contributed by atoms with Crippen LogP contribution in [0.3, 0.4) is 0 Å². The van der Waals surface area contributed by atoms with Crippen LogP contribution in [0, 0.1) is 5.92 Å². The summed E-state index contributed by atoms with van der Waals surface area (Å²) in [5.41, 5.74) is 2.72. The monoisotopic (exact) mass is 581 g/mol. The van der Waals surface area contributed by atoms with Gasteiger partial charge in [-0.25, -0.2) is 0 Å². The van der Waals surface area contributed by atoms with E-state index < -0.39 is 11.7 Å². The van der Waals surface area contributed by atoms with E-state index in [4.69, 9.17) is 9.47 Å². The smallest absolute Gasteiger partial charge is 0.269 e. The molecule has 1 N–H and O–H groups in total. The number of amides is 3. The zero-order chi connectivity index (χ0) is 29.7. The number of aliphatic hydroxyl groups is 1. The Morgan fingerprint density at radius 1 is 1.02 bits per heavy atom. The minimum Gasteiger partial charge on any atom is -0.482 e. The number of nitrogens with zero attached hydrogens (tertiary/aromatic N) is 3. The Morgan fingerprint density at radius 3 is 2.65 bits per heavy atom. The Hall–Kier alpha value is -4.21. The molecule has 4 atom stereocenters. The fourth-order valence-electron chi connectivity index (χ4n) is 7.34. The molecule has 0 bridgehead atoms. The summed E-state index contributed by atoms with van der Waals surface area (Å²) in [6.45, 7) is 2.90. The molecule has 3 aromatic rings. The molecule has 9 nitrogen and oxygen atoms in total. The fraction of sp³-hybridized carbons (Fsp3) is 0.382. The number of carbonyl (C=O) groups excluding carboxylic acids is 3. The fourth-order valence-corrected chi connectivity index (χ4v) is 7.34. The van der Waals surface area contributed by atoms with Gasteiger partial charge in [-0.15, -0.1) is 0 Å². The lowest BCUT2D eigenvalue weighted by atomic mass is 9.83. The van der Waals surface area contributed by atoms with Crippen LogP contribution in [0.15, 0.2) is 72.8 Å². The predicted molar refractivity (Wildman–Crippen MR) is 160 cm³/mol. The summed E-state index contributed by atoms with van der Waals surface area (Å²) >= 11 is 0. The van der Waals surface area contributed by atoms with Crippen LogP contribution in [0.25, 0.3) is 0 Å². The average molecular weight is 582 g/mol. The van der Waals surface area contributed by atoms with E-state index in [1.165, 1.54) is 0 Å². The van der Waals surface area contributed by atoms with Crippen molar-refractivity contribution in [3.05, 3.63) is 83.9 Å². The Balaban J connectivity index is 1.15. The van der Waals surface area contributed by atoms with Gasteiger partial charge in [-0.3, -0.25) is 19.3 Å². The summed E-state index contributed by atoms with van der Waals surface area (Å²) in [5.74, 6) is 0.187. The molecule has 0 aromatic heterocycles. The molecule has 7 rings (SSSR count). The second kappa shape index (κ2) is 10.8. The van der Waals surface area contributed by atoms with Crippen LogP contribution in [0.4, 0.5) is 17.1 Å². The van der Waals surface area contributed by atoms with Crippen molar-refractivity contribution < 1.29 is 29.0 Å². The number of hydrogen-bond donors (Lipinski definition) is 1. The van der Waals surface area contributed by atoms with Crippen molar-refractivity contribution in [3.8, 4) is 5.75 Å². The first-order chi connectivity index (χ1) is 20.9. The molecule has 0 aliphatic carbocycles. The quantitative estimate of drug-likeness (QED) is 0.467. The van der Waals surface area contributed by atoms with Gasteiger partial charge in [-0.1, -0.05) is 49.4 Å². The zero-order valence-electron chi connectivity index (χ0n) is 24.1. The van der Waals surface area contributed by atoms with Gasteiger partial charge in [-0.05, 0) is 55.2 Å². The second-order valence-electron chi connectivity index (χ2n) is 11.9. The molecular formula is C34H35N3O6. The summed E-state index contributed by atoms with van der Waals surface area (Å²) in [7, 11) is 0. The van der Waals surface area contributed by atoms with E-state index in [0.717, 1.165) is 29.7 Å². The molecule has 2 saturated heterocycles. The third kappa shape index (κ3) is 4.49. The summed E-state index contributed by atoms with van der Waals surface area (Å²) in [5, 5.41) is 9.70. The minimum absolute atomic E-state index is 0.0302. The van der Waals surface area contributed by atoms with Gasteiger partial charge in [-0.2, -0.15) is 0 Å². The maximum absolute atomic E-state index is 14.4. The molecule has 222 valence electrons. The lowest BCUT2D eigenvalue weighted by molar-refractivity contribution is -0.150. The highest BCUT2D eigenvalue weighted by Crippen LogP contribution is 2.54. The highest BCUT2D eigenvalue weighted by atomic mass is 16.5. The highest BCUT2D eigenvalue weighted by Gasteiger charge is 2.60. The number of para-hydroxylation sites is 3. The van der Waals surface area contributed by atoms with Crippen LogP contribution in [0.1, 0.15) is 43.7 Å². The molecule has 0 saturated carbocycles. The predicted octanol–water partition coefficient (Wildman–Crippen LogP) is 4.28. The number of ether oxygens (including phenoxy) is 2. The van der Waals surface area contributed by atoms with Gasteiger partial charge >= 0.3 is 0 Å². The van der Waals surface area contributed by atoms with Crippen LogP contribution in [-0.4, -0.2) is 59.6 Å². The molecule has 43 heavy (non-hydrogen) atoms. The van der Waals surface area contributed by atoms with E-state index >= 15 is 0 Å². The minimum atomic E-state index is -1.17. The molecule has 1 spiro atoms. The normalized spacial score (nSPS) is 26.2. The third-order valence-electron chi connectivity index (χ3n) is 9.35. The van der Waals surface area contributed by atoms with Gasteiger partial charge in [0.2, 0.25) is 5.91 Å². The molecule has 4 aliphatic heterocycles. The van der Waals surface area contributed by atoms with Crippen LogP contribution >= 0.6 is 0 Å². The van der Waals surface area contributed by atoms with Gasteiger partial charge in [0.15, 0.2) is 12.2 Å². The molecule has 4 aliphatic rings. The molecular weight excluding hydrogens is 546 g/mol. The zero-order valence-corrected chi connectivity index (χ0v) is 24.1. The molecule has 0 unspecified atom stereocenters. The molecule has 9 heteroatoms. The topological polar surface area (TPSA) is 99.6 Å². The molecule has 0 radical (unpaired) electrons. The van der Waals surface area contributed by atoms with Crippen molar-refractivity contribution in [2.24, 2.45) is 5.92 Å². The first kappa shape index (κ1) is 27.6. The van der Waals surface area contributed by atoms with E-state index in [1.54, 1.807) is 14.7 Å². The largest absolute Gasteiger partial charge is 0.482 e. The van der Waals surface area contributed by atoms with Crippen LogP contribution < -0.4 is 14.5 Å². The average Bonchev–Trinajstić information content (AvgIpc) is 3.69. The van der Waals surface area contributed by atoms with Gasteiger partial charge in [0, 0.05) is 23.7 Å². The maximum atomic E-state index is 14.4. The van der Waals surface area contributed by atoms with Crippen molar-refractivity contribution >= 4 is 34.8 Å². The first-order valence-electron chi connectivity index (χ1n) is 15.0. The van der Waals surface area contributed by atoms with E-state index in [1.807, 2.05) is 79.7 Å². The standard InChI is InChI=1S/C34H35N3O6/c1-22-16-26(18-31(39)35-15-7-10-25(35)20-38)43-34(22)27-11-2-3-12-28(27)36(33(34)41)19-23-8-6-9-24(17-23)37-29-13-4-5-14-30(29)42-21-32(37)40/h2-6,8-9,11-14,17,22,25-26,38H,7,10,15-16,18-21H2,1H3/t22-,25+,26-,34+/m1/s1. The summed E-state index contributed by atoms with van der Waals surface area (Å²) < 4.78 is 12.3. The number of hydrogen-bond acceptors (Lipinski definition) is 6. The van der Waals surface area contributed by atoms with Crippen molar-refractivity contribution in [2.75, 3.05) is 29.6 Å². The summed E-state index contributed by atoms with van der Waals surface area (Å²) in [6.07, 6.45) is 2.08.